The number of aliphatic carboxylic acids is 1. The van der Waals surface area contributed by atoms with Gasteiger partial charge < -0.3 is 26.3 Å². The quantitative estimate of drug-likeness (QED) is 0.521. The predicted molar refractivity (Wildman–Crippen MR) is 107 cm³/mol. The lowest BCUT2D eigenvalue weighted by atomic mass is 9.81. The minimum absolute atomic E-state index is 0.0300. The predicted octanol–water partition coefficient (Wildman–Crippen LogP) is -0.347. The SMILES string of the molecule is CC(C)[C@@H]([NH3+])C(=O)NCC1CCC(C(=O)N[C@@H](Cc2ccccc2)C(=O)[O-])CC1. The molecule has 0 radical (unpaired) electrons. The van der Waals surface area contributed by atoms with Gasteiger partial charge in [0.25, 0.3) is 5.91 Å². The molecule has 2 rings (SSSR count). The summed E-state index contributed by atoms with van der Waals surface area (Å²) in [4.78, 5) is 36.1. The first kappa shape index (κ1) is 22.9. The molecule has 7 heteroatoms. The highest BCUT2D eigenvalue weighted by Crippen LogP contribution is 2.28. The van der Waals surface area contributed by atoms with E-state index < -0.39 is 12.0 Å². The highest BCUT2D eigenvalue weighted by Gasteiger charge is 2.29. The molecule has 0 saturated heterocycles. The van der Waals surface area contributed by atoms with E-state index in [9.17, 15) is 19.5 Å². The van der Waals surface area contributed by atoms with Crippen molar-refractivity contribution in [3.8, 4) is 0 Å². The van der Waals surface area contributed by atoms with Crippen LogP contribution in [0.2, 0.25) is 0 Å². The highest BCUT2D eigenvalue weighted by atomic mass is 16.4. The Morgan fingerprint density at radius 3 is 2.28 bits per heavy atom. The zero-order chi connectivity index (χ0) is 21.4. The van der Waals surface area contributed by atoms with Crippen molar-refractivity contribution in [2.45, 2.75) is 58.0 Å². The van der Waals surface area contributed by atoms with Gasteiger partial charge in [0.15, 0.2) is 6.04 Å². The van der Waals surface area contributed by atoms with Crippen molar-refractivity contribution < 1.29 is 25.2 Å². The number of carbonyl (C=O) groups excluding carboxylic acids is 3. The highest BCUT2D eigenvalue weighted by molar-refractivity contribution is 5.84. The Kier molecular flexibility index (Phi) is 8.64. The Hall–Kier alpha value is -2.41. The number of carboxylic acid groups (broad SMARTS) is 1. The largest absolute Gasteiger partial charge is 0.548 e. The van der Waals surface area contributed by atoms with E-state index in [2.05, 4.69) is 16.4 Å². The van der Waals surface area contributed by atoms with Crippen LogP contribution in [-0.4, -0.2) is 36.4 Å². The third-order valence-corrected chi connectivity index (χ3v) is 5.81. The second kappa shape index (κ2) is 11.0. The first-order valence-electron chi connectivity index (χ1n) is 10.4. The summed E-state index contributed by atoms with van der Waals surface area (Å²) in [7, 11) is 0. The van der Waals surface area contributed by atoms with Gasteiger partial charge in [-0.25, -0.2) is 0 Å². The Morgan fingerprint density at radius 2 is 1.72 bits per heavy atom. The summed E-state index contributed by atoms with van der Waals surface area (Å²) < 4.78 is 0. The van der Waals surface area contributed by atoms with Gasteiger partial charge in [-0.2, -0.15) is 0 Å². The van der Waals surface area contributed by atoms with Crippen LogP contribution in [0.4, 0.5) is 0 Å². The van der Waals surface area contributed by atoms with Crippen molar-refractivity contribution in [1.29, 1.82) is 0 Å². The van der Waals surface area contributed by atoms with Gasteiger partial charge in [0.1, 0.15) is 0 Å². The van der Waals surface area contributed by atoms with Gasteiger partial charge in [0.2, 0.25) is 5.91 Å². The first-order chi connectivity index (χ1) is 13.8. The second-order valence-corrected chi connectivity index (χ2v) is 8.38. The third-order valence-electron chi connectivity index (χ3n) is 5.81. The van der Waals surface area contributed by atoms with E-state index >= 15 is 0 Å². The number of hydrogen-bond donors (Lipinski definition) is 3. The van der Waals surface area contributed by atoms with E-state index in [1.165, 1.54) is 0 Å². The lowest BCUT2D eigenvalue weighted by Crippen LogP contribution is -2.70. The normalized spacial score (nSPS) is 21.2. The monoisotopic (exact) mass is 403 g/mol. The molecule has 0 spiro atoms. The van der Waals surface area contributed by atoms with Crippen molar-refractivity contribution in [3.63, 3.8) is 0 Å². The number of carboxylic acids is 1. The summed E-state index contributed by atoms with van der Waals surface area (Å²) in [6.45, 7) is 4.54. The van der Waals surface area contributed by atoms with Crippen LogP contribution in [-0.2, 0) is 20.8 Å². The molecule has 1 aromatic carbocycles. The lowest BCUT2D eigenvalue weighted by molar-refractivity contribution is -0.414. The fourth-order valence-corrected chi connectivity index (χ4v) is 3.64. The average Bonchev–Trinajstić information content (AvgIpc) is 2.71. The number of rotatable bonds is 9. The maximum Gasteiger partial charge on any atom is 0.278 e. The topological polar surface area (TPSA) is 126 Å². The van der Waals surface area contributed by atoms with Gasteiger partial charge in [-0.05, 0) is 43.6 Å². The standard InChI is InChI=1S/C22H33N3O4/c1-14(2)19(23)21(27)24-13-16-8-10-17(11-9-16)20(26)25-18(22(28)29)12-15-6-4-3-5-7-15/h3-7,14,16-19H,8-13,23H2,1-2H3,(H,24,27)(H,25,26)(H,28,29)/t16?,17?,18-,19+/m0/s1. The smallest absolute Gasteiger partial charge is 0.278 e. The number of nitrogens with one attached hydrogen (secondary N) is 2. The number of benzene rings is 1. The molecule has 0 heterocycles. The molecule has 1 fully saturated rings. The average molecular weight is 404 g/mol. The van der Waals surface area contributed by atoms with Crippen molar-refractivity contribution >= 4 is 17.8 Å². The molecule has 0 aliphatic heterocycles. The maximum atomic E-state index is 12.6. The Labute approximate surface area is 172 Å². The Balaban J connectivity index is 1.78. The first-order valence-corrected chi connectivity index (χ1v) is 10.4. The van der Waals surface area contributed by atoms with Gasteiger partial charge in [0.05, 0.1) is 12.0 Å². The van der Waals surface area contributed by atoms with Crippen LogP contribution in [0.5, 0.6) is 0 Å². The molecule has 1 aliphatic carbocycles. The number of hydrogen-bond acceptors (Lipinski definition) is 4. The van der Waals surface area contributed by atoms with Crippen LogP contribution in [0.15, 0.2) is 30.3 Å². The van der Waals surface area contributed by atoms with Gasteiger partial charge in [-0.15, -0.1) is 0 Å². The molecule has 0 unspecified atom stereocenters. The molecule has 0 bridgehead atoms. The second-order valence-electron chi connectivity index (χ2n) is 8.38. The number of carbonyl (C=O) groups is 3. The summed E-state index contributed by atoms with van der Waals surface area (Å²) in [6.07, 6.45) is 3.25. The molecule has 1 aliphatic rings. The molecule has 5 N–H and O–H groups in total. The van der Waals surface area contributed by atoms with Crippen molar-refractivity contribution in [2.75, 3.05) is 6.54 Å². The minimum atomic E-state index is -1.27. The van der Waals surface area contributed by atoms with Gasteiger partial charge >= 0.3 is 0 Å². The van der Waals surface area contributed by atoms with E-state index in [-0.39, 0.29) is 36.1 Å². The van der Waals surface area contributed by atoms with Gasteiger partial charge in [0, 0.05) is 18.4 Å². The molecular weight excluding hydrogens is 370 g/mol. The summed E-state index contributed by atoms with van der Waals surface area (Å²) in [5, 5.41) is 17.1. The molecule has 2 amide bonds. The molecule has 0 aromatic heterocycles. The molecule has 1 aromatic rings. The van der Waals surface area contributed by atoms with Crippen LogP contribution in [0.3, 0.4) is 0 Å². The van der Waals surface area contributed by atoms with Crippen LogP contribution in [0.1, 0.15) is 45.1 Å². The molecular formula is C22H33N3O4. The molecule has 160 valence electrons. The van der Waals surface area contributed by atoms with Crippen molar-refractivity contribution in [2.24, 2.45) is 17.8 Å². The van der Waals surface area contributed by atoms with E-state index in [1.807, 2.05) is 44.2 Å². The third kappa shape index (κ3) is 7.16. The fraction of sp³-hybridized carbons (Fsp3) is 0.591. The minimum Gasteiger partial charge on any atom is -0.548 e. The number of quaternary nitrogens is 1. The lowest BCUT2D eigenvalue weighted by Gasteiger charge is -2.30. The summed E-state index contributed by atoms with van der Waals surface area (Å²) in [5.74, 6) is -1.19. The number of amides is 2. The van der Waals surface area contributed by atoms with Crippen molar-refractivity contribution in [3.05, 3.63) is 35.9 Å². The van der Waals surface area contributed by atoms with Gasteiger partial charge in [-0.3, -0.25) is 9.59 Å². The van der Waals surface area contributed by atoms with Crippen LogP contribution in [0, 0.1) is 17.8 Å². The summed E-state index contributed by atoms with van der Waals surface area (Å²) in [5.41, 5.74) is 4.73. The van der Waals surface area contributed by atoms with E-state index in [0.29, 0.717) is 25.3 Å². The van der Waals surface area contributed by atoms with E-state index in [1.54, 1.807) is 0 Å². The molecule has 7 nitrogen and oxygen atoms in total. The molecule has 2 atom stereocenters. The van der Waals surface area contributed by atoms with E-state index in [4.69, 9.17) is 0 Å². The Bertz CT molecular complexity index is 685. The van der Waals surface area contributed by atoms with Gasteiger partial charge in [-0.1, -0.05) is 44.2 Å². The maximum absolute atomic E-state index is 12.6. The van der Waals surface area contributed by atoms with Crippen LogP contribution < -0.4 is 21.5 Å². The fourth-order valence-electron chi connectivity index (χ4n) is 3.64. The summed E-state index contributed by atoms with van der Waals surface area (Å²) in [6, 6.07) is 7.89. The zero-order valence-electron chi connectivity index (χ0n) is 17.4. The van der Waals surface area contributed by atoms with Crippen molar-refractivity contribution in [1.82, 2.24) is 10.6 Å². The van der Waals surface area contributed by atoms with Crippen LogP contribution in [0.25, 0.3) is 0 Å². The summed E-state index contributed by atoms with van der Waals surface area (Å²) >= 11 is 0. The van der Waals surface area contributed by atoms with E-state index in [0.717, 1.165) is 18.4 Å². The molecule has 29 heavy (non-hydrogen) atoms. The zero-order valence-corrected chi connectivity index (χ0v) is 17.4. The van der Waals surface area contributed by atoms with Crippen LogP contribution >= 0.6 is 0 Å². The Morgan fingerprint density at radius 1 is 1.10 bits per heavy atom. The molecule has 1 saturated carbocycles.